The number of nitrogens with zero attached hydrogens (tertiary/aromatic N) is 2. The van der Waals surface area contributed by atoms with Crippen molar-refractivity contribution in [3.05, 3.63) is 58.3 Å². The van der Waals surface area contributed by atoms with E-state index in [0.717, 1.165) is 6.21 Å². The molecule has 102 valence electrons. The maximum absolute atomic E-state index is 11.5. The Kier molecular flexibility index (Phi) is 4.07. The van der Waals surface area contributed by atoms with Gasteiger partial charge in [-0.15, -0.1) is 0 Å². The van der Waals surface area contributed by atoms with E-state index in [4.69, 9.17) is 0 Å². The molecule has 0 fully saturated rings. The molecule has 8 heteroatoms. The third-order valence-corrected chi connectivity index (χ3v) is 2.24. The number of amides is 2. The lowest BCUT2D eigenvalue weighted by molar-refractivity contribution is -0.402. The molecule has 1 aromatic carbocycles. The Morgan fingerprint density at radius 1 is 1.30 bits per heavy atom. The van der Waals surface area contributed by atoms with Gasteiger partial charge in [0, 0.05) is 5.69 Å². The Morgan fingerprint density at radius 2 is 2.05 bits per heavy atom. The predicted molar refractivity (Wildman–Crippen MR) is 71.6 cm³/mol. The molecular weight excluding hydrogens is 264 g/mol. The molecule has 2 N–H and O–H groups in total. The number of anilines is 1. The fraction of sp³-hybridized carbons (Fsp3) is 0. The van der Waals surface area contributed by atoms with Gasteiger partial charge in [0.05, 0.1) is 12.5 Å². The Labute approximate surface area is 113 Å². The summed E-state index contributed by atoms with van der Waals surface area (Å²) in [7, 11) is 0. The summed E-state index contributed by atoms with van der Waals surface area (Å²) in [6.07, 6.45) is 2.30. The fourth-order valence-corrected chi connectivity index (χ4v) is 1.40. The molecule has 1 heterocycles. The highest BCUT2D eigenvalue weighted by Gasteiger charge is 2.15. The van der Waals surface area contributed by atoms with Crippen LogP contribution in [0.1, 0.15) is 5.56 Å². The van der Waals surface area contributed by atoms with Crippen molar-refractivity contribution in [3.8, 4) is 0 Å². The Balaban J connectivity index is 1.91. The molecule has 0 aliphatic heterocycles. The van der Waals surface area contributed by atoms with E-state index in [2.05, 4.69) is 20.3 Å². The quantitative estimate of drug-likeness (QED) is 0.506. The van der Waals surface area contributed by atoms with Crippen LogP contribution in [0.25, 0.3) is 0 Å². The van der Waals surface area contributed by atoms with Crippen molar-refractivity contribution in [1.29, 1.82) is 0 Å². The van der Waals surface area contributed by atoms with Gasteiger partial charge < -0.3 is 9.73 Å². The van der Waals surface area contributed by atoms with Crippen LogP contribution >= 0.6 is 0 Å². The number of nitrogens with one attached hydrogen (secondary N) is 2. The smallest absolute Gasteiger partial charge is 0.409 e. The molecular formula is C12H10N4O4. The molecule has 2 amide bonds. The molecule has 2 rings (SSSR count). The van der Waals surface area contributed by atoms with E-state index in [-0.39, 0.29) is 5.56 Å². The Hall–Kier alpha value is -3.16. The molecule has 0 saturated heterocycles. The number of hydrazone groups is 1. The van der Waals surface area contributed by atoms with Crippen molar-refractivity contribution in [2.24, 2.45) is 5.10 Å². The molecule has 1 aromatic heterocycles. The van der Waals surface area contributed by atoms with Crippen molar-refractivity contribution in [2.75, 3.05) is 5.32 Å². The van der Waals surface area contributed by atoms with E-state index in [1.54, 1.807) is 24.3 Å². The fourth-order valence-electron chi connectivity index (χ4n) is 1.40. The molecule has 0 saturated carbocycles. The van der Waals surface area contributed by atoms with Crippen LogP contribution < -0.4 is 10.7 Å². The van der Waals surface area contributed by atoms with Gasteiger partial charge in [0.25, 0.3) is 0 Å². The summed E-state index contributed by atoms with van der Waals surface area (Å²) < 4.78 is 4.66. The normalized spacial score (nSPS) is 10.4. The molecule has 0 aliphatic carbocycles. The number of para-hydroxylation sites is 1. The number of urea groups is 1. The van der Waals surface area contributed by atoms with E-state index in [1.165, 1.54) is 12.3 Å². The Morgan fingerprint density at radius 3 is 2.75 bits per heavy atom. The number of rotatable bonds is 4. The summed E-state index contributed by atoms with van der Waals surface area (Å²) in [5, 5.41) is 16.7. The zero-order valence-electron chi connectivity index (χ0n) is 10.1. The first-order valence-corrected chi connectivity index (χ1v) is 5.54. The largest absolute Gasteiger partial charge is 0.441 e. The zero-order valence-corrected chi connectivity index (χ0v) is 10.1. The van der Waals surface area contributed by atoms with Gasteiger partial charge in [0.15, 0.2) is 0 Å². The Bertz CT molecular complexity index is 636. The second-order valence-corrected chi connectivity index (χ2v) is 3.63. The average molecular weight is 274 g/mol. The second kappa shape index (κ2) is 6.14. The van der Waals surface area contributed by atoms with Crippen LogP contribution in [0, 0.1) is 10.1 Å². The van der Waals surface area contributed by atoms with Crippen LogP contribution in [-0.4, -0.2) is 17.2 Å². The molecule has 0 radical (unpaired) electrons. The SMILES string of the molecule is O=C(N/N=C/c1ccoc1[N+](=O)[O-])Nc1ccccc1. The van der Waals surface area contributed by atoms with Gasteiger partial charge in [-0.3, -0.25) is 10.1 Å². The van der Waals surface area contributed by atoms with Crippen LogP contribution in [-0.2, 0) is 0 Å². The highest BCUT2D eigenvalue weighted by atomic mass is 16.6. The minimum atomic E-state index is -0.675. The predicted octanol–water partition coefficient (Wildman–Crippen LogP) is 2.34. The maximum Gasteiger partial charge on any atom is 0.441 e. The highest BCUT2D eigenvalue weighted by molar-refractivity contribution is 5.90. The number of carbonyl (C=O) groups excluding carboxylic acids is 1. The van der Waals surface area contributed by atoms with Crippen molar-refractivity contribution in [3.63, 3.8) is 0 Å². The van der Waals surface area contributed by atoms with Crippen LogP contribution in [0.5, 0.6) is 0 Å². The van der Waals surface area contributed by atoms with Gasteiger partial charge in [0.2, 0.25) is 0 Å². The van der Waals surface area contributed by atoms with Crippen molar-refractivity contribution >= 4 is 23.8 Å². The molecule has 0 bridgehead atoms. The molecule has 2 aromatic rings. The van der Waals surface area contributed by atoms with Crippen molar-refractivity contribution < 1.29 is 14.1 Å². The molecule has 0 unspecified atom stereocenters. The maximum atomic E-state index is 11.5. The molecule has 0 spiro atoms. The van der Waals surface area contributed by atoms with E-state index in [1.807, 2.05) is 6.07 Å². The summed E-state index contributed by atoms with van der Waals surface area (Å²) in [5.74, 6) is -0.431. The van der Waals surface area contributed by atoms with Crippen LogP contribution in [0.4, 0.5) is 16.4 Å². The minimum Gasteiger partial charge on any atom is -0.409 e. The number of carbonyl (C=O) groups is 1. The first-order valence-electron chi connectivity index (χ1n) is 5.54. The summed E-state index contributed by atoms with van der Waals surface area (Å²) >= 11 is 0. The number of nitro groups is 1. The van der Waals surface area contributed by atoms with Crippen LogP contribution in [0.3, 0.4) is 0 Å². The number of furan rings is 1. The number of hydrogen-bond acceptors (Lipinski definition) is 5. The van der Waals surface area contributed by atoms with Crippen molar-refractivity contribution in [2.45, 2.75) is 0 Å². The lowest BCUT2D eigenvalue weighted by Gasteiger charge is -2.02. The average Bonchev–Trinajstić information content (AvgIpc) is 2.88. The lowest BCUT2D eigenvalue weighted by Crippen LogP contribution is -2.24. The highest BCUT2D eigenvalue weighted by Crippen LogP contribution is 2.16. The molecule has 0 aliphatic rings. The van der Waals surface area contributed by atoms with Crippen molar-refractivity contribution in [1.82, 2.24) is 5.43 Å². The van der Waals surface area contributed by atoms with E-state index in [0.29, 0.717) is 5.69 Å². The second-order valence-electron chi connectivity index (χ2n) is 3.63. The number of hydrogen-bond donors (Lipinski definition) is 2. The first-order chi connectivity index (χ1) is 9.66. The lowest BCUT2D eigenvalue weighted by atomic mass is 10.3. The first kappa shape index (κ1) is 13.3. The van der Waals surface area contributed by atoms with Gasteiger partial charge >= 0.3 is 11.9 Å². The minimum absolute atomic E-state index is 0.162. The number of benzene rings is 1. The van der Waals surface area contributed by atoms with E-state index >= 15 is 0 Å². The summed E-state index contributed by atoms with van der Waals surface area (Å²) in [6, 6.07) is 9.60. The molecule has 20 heavy (non-hydrogen) atoms. The van der Waals surface area contributed by atoms with Crippen LogP contribution in [0.15, 0.2) is 52.2 Å². The third-order valence-electron chi connectivity index (χ3n) is 2.24. The third kappa shape index (κ3) is 3.42. The monoisotopic (exact) mass is 274 g/mol. The standard InChI is InChI=1S/C12H10N4O4/c17-12(14-10-4-2-1-3-5-10)15-13-8-9-6-7-20-11(9)16(18)19/h1-8H,(H2,14,15,17)/b13-8+. The van der Waals surface area contributed by atoms with E-state index < -0.39 is 16.8 Å². The molecule has 8 nitrogen and oxygen atoms in total. The van der Waals surface area contributed by atoms with Gasteiger partial charge in [-0.2, -0.15) is 5.10 Å². The van der Waals surface area contributed by atoms with Crippen LogP contribution in [0.2, 0.25) is 0 Å². The van der Waals surface area contributed by atoms with Gasteiger partial charge in [-0.05, 0) is 18.2 Å². The topological polar surface area (TPSA) is 110 Å². The van der Waals surface area contributed by atoms with Gasteiger partial charge in [-0.25, -0.2) is 10.2 Å². The summed E-state index contributed by atoms with van der Waals surface area (Å²) in [6.45, 7) is 0. The molecule has 0 atom stereocenters. The van der Waals surface area contributed by atoms with Gasteiger partial charge in [0.1, 0.15) is 10.5 Å². The zero-order chi connectivity index (χ0) is 14.4. The summed E-state index contributed by atoms with van der Waals surface area (Å²) in [5.41, 5.74) is 2.96. The van der Waals surface area contributed by atoms with Gasteiger partial charge in [-0.1, -0.05) is 18.2 Å². The summed E-state index contributed by atoms with van der Waals surface area (Å²) in [4.78, 5) is 21.4. The van der Waals surface area contributed by atoms with E-state index in [9.17, 15) is 14.9 Å².